The zero-order chi connectivity index (χ0) is 18.6. The third-order valence-electron chi connectivity index (χ3n) is 7.86. The van der Waals surface area contributed by atoms with E-state index in [1.54, 1.807) is 0 Å². The molecule has 2 heteroatoms. The third kappa shape index (κ3) is 2.35. The summed E-state index contributed by atoms with van der Waals surface area (Å²) in [5.74, 6) is 3.04. The van der Waals surface area contributed by atoms with Crippen molar-refractivity contribution in [2.75, 3.05) is 0 Å². The van der Waals surface area contributed by atoms with Crippen molar-refractivity contribution in [1.82, 2.24) is 4.57 Å². The van der Waals surface area contributed by atoms with Gasteiger partial charge in [0.05, 0.1) is 0 Å². The van der Waals surface area contributed by atoms with Crippen molar-refractivity contribution in [3.63, 3.8) is 0 Å². The van der Waals surface area contributed by atoms with Crippen LogP contribution in [0.1, 0.15) is 74.1 Å². The minimum Gasteiger partial charge on any atom is -0.218 e. The maximum atomic E-state index is 2.78. The summed E-state index contributed by atoms with van der Waals surface area (Å²) in [4.78, 5) is 0. The van der Waals surface area contributed by atoms with E-state index in [9.17, 15) is 0 Å². The Kier molecular flexibility index (Phi) is 4.07. The van der Waals surface area contributed by atoms with Gasteiger partial charge in [-0.3, -0.25) is 0 Å². The number of para-hydroxylation sites is 1. The molecule has 3 aliphatic rings. The minimum absolute atomic E-state index is 0.227. The van der Waals surface area contributed by atoms with Gasteiger partial charge in [-0.1, -0.05) is 43.9 Å². The van der Waals surface area contributed by atoms with Crippen LogP contribution in [0.3, 0.4) is 0 Å². The number of fused-ring (bicyclic) bond motifs is 1. The van der Waals surface area contributed by atoms with Crippen molar-refractivity contribution in [2.24, 2.45) is 11.8 Å². The Morgan fingerprint density at radius 3 is 2.07 bits per heavy atom. The van der Waals surface area contributed by atoms with E-state index in [-0.39, 0.29) is 5.54 Å². The number of hydrogen-bond acceptors (Lipinski definition) is 0. The molecule has 1 aromatic heterocycles. The quantitative estimate of drug-likeness (QED) is 0.612. The first-order valence-electron chi connectivity index (χ1n) is 11.0. The van der Waals surface area contributed by atoms with Crippen LogP contribution in [0.4, 0.5) is 0 Å². The zero-order valence-corrected chi connectivity index (χ0v) is 17.2. The van der Waals surface area contributed by atoms with Gasteiger partial charge in [0.2, 0.25) is 0 Å². The van der Waals surface area contributed by atoms with Crippen molar-refractivity contribution < 1.29 is 4.57 Å². The van der Waals surface area contributed by atoms with Gasteiger partial charge < -0.3 is 0 Å². The van der Waals surface area contributed by atoms with Gasteiger partial charge in [0.25, 0.3) is 5.82 Å². The normalized spacial score (nSPS) is 22.0. The Labute approximate surface area is 163 Å². The maximum absolute atomic E-state index is 2.78. The molecule has 1 aliphatic heterocycles. The van der Waals surface area contributed by atoms with Gasteiger partial charge in [-0.2, -0.15) is 4.57 Å². The summed E-state index contributed by atoms with van der Waals surface area (Å²) < 4.78 is 5.30. The fourth-order valence-corrected chi connectivity index (χ4v) is 6.68. The maximum Gasteiger partial charge on any atom is 0.259 e. The van der Waals surface area contributed by atoms with Crippen LogP contribution >= 0.6 is 0 Å². The molecule has 2 heterocycles. The van der Waals surface area contributed by atoms with Gasteiger partial charge in [-0.05, 0) is 56.4 Å². The lowest BCUT2D eigenvalue weighted by Gasteiger charge is -2.38. The van der Waals surface area contributed by atoms with Gasteiger partial charge in [-0.15, -0.1) is 0 Å². The molecular formula is C25H33N2+. The highest BCUT2D eigenvalue weighted by Gasteiger charge is 2.55. The number of rotatable bonds is 3. The summed E-state index contributed by atoms with van der Waals surface area (Å²) in [5.41, 5.74) is 5.78. The largest absolute Gasteiger partial charge is 0.259 e. The van der Waals surface area contributed by atoms with Crippen molar-refractivity contribution in [2.45, 2.75) is 77.7 Å². The molecular weight excluding hydrogens is 328 g/mol. The number of hydrogen-bond donors (Lipinski definition) is 0. The second-order valence-corrected chi connectivity index (χ2v) is 9.16. The lowest BCUT2D eigenvalue weighted by atomic mass is 9.72. The van der Waals surface area contributed by atoms with E-state index in [2.05, 4.69) is 66.3 Å². The van der Waals surface area contributed by atoms with E-state index in [1.807, 2.05) is 0 Å². The highest BCUT2D eigenvalue weighted by atomic mass is 15.2. The van der Waals surface area contributed by atoms with Gasteiger partial charge in [0, 0.05) is 25.7 Å². The molecule has 0 bridgehead atoms. The standard InChI is InChI=1S/C25H33N2/c1-18-10-4-9-15-23(18)26-19(2)24-16-17-25(27(24)20(26)3,21-11-5-6-12-21)22-13-7-8-14-22/h4,9-10,15-17,21-22H,5-8,11-14H2,1-3H3/q+1. The molecule has 2 aliphatic carbocycles. The molecule has 0 spiro atoms. The molecule has 0 radical (unpaired) electrons. The average molecular weight is 362 g/mol. The zero-order valence-electron chi connectivity index (χ0n) is 17.2. The first-order valence-corrected chi connectivity index (χ1v) is 11.0. The SMILES string of the molecule is Cc1ccccc1-n1c(C)c2[n+](c1C)C(C1CCCC1)(C1CCCC1)C=C2. The van der Waals surface area contributed by atoms with E-state index in [4.69, 9.17) is 0 Å². The summed E-state index contributed by atoms with van der Waals surface area (Å²) in [6, 6.07) is 8.84. The number of aromatic nitrogens is 2. The van der Waals surface area contributed by atoms with E-state index in [1.165, 1.54) is 79.8 Å². The highest BCUT2D eigenvalue weighted by molar-refractivity contribution is 5.53. The van der Waals surface area contributed by atoms with Crippen LogP contribution in [0, 0.1) is 32.6 Å². The Balaban J connectivity index is 1.73. The van der Waals surface area contributed by atoms with Gasteiger partial charge in [0.15, 0.2) is 11.4 Å². The average Bonchev–Trinajstić information content (AvgIpc) is 3.43. The minimum atomic E-state index is 0.227. The molecule has 1 aromatic carbocycles. The molecule has 0 saturated heterocycles. The molecule has 0 amide bonds. The summed E-state index contributed by atoms with van der Waals surface area (Å²) in [6.07, 6.45) is 16.4. The third-order valence-corrected chi connectivity index (χ3v) is 7.86. The van der Waals surface area contributed by atoms with E-state index < -0.39 is 0 Å². The van der Waals surface area contributed by atoms with Gasteiger partial charge >= 0.3 is 0 Å². The highest BCUT2D eigenvalue weighted by Crippen LogP contribution is 2.50. The number of aryl methyl sites for hydroxylation is 1. The monoisotopic (exact) mass is 361 g/mol. The summed E-state index contributed by atoms with van der Waals surface area (Å²) in [6.45, 7) is 6.91. The lowest BCUT2D eigenvalue weighted by molar-refractivity contribution is -0.770. The Morgan fingerprint density at radius 1 is 0.889 bits per heavy atom. The van der Waals surface area contributed by atoms with E-state index in [0.29, 0.717) is 0 Å². The second kappa shape index (κ2) is 6.36. The van der Waals surface area contributed by atoms with Crippen LogP contribution in [-0.2, 0) is 5.54 Å². The van der Waals surface area contributed by atoms with Crippen molar-refractivity contribution in [1.29, 1.82) is 0 Å². The molecule has 2 saturated carbocycles. The molecule has 2 nitrogen and oxygen atoms in total. The van der Waals surface area contributed by atoms with Gasteiger partial charge in [0.1, 0.15) is 11.2 Å². The van der Waals surface area contributed by atoms with E-state index >= 15 is 0 Å². The second-order valence-electron chi connectivity index (χ2n) is 9.16. The first-order chi connectivity index (χ1) is 13.1. The number of nitrogens with zero attached hydrogens (tertiary/aromatic N) is 2. The topological polar surface area (TPSA) is 8.81 Å². The Morgan fingerprint density at radius 2 is 1.48 bits per heavy atom. The van der Waals surface area contributed by atoms with Crippen molar-refractivity contribution in [3.05, 3.63) is 53.1 Å². The smallest absolute Gasteiger partial charge is 0.218 e. The first kappa shape index (κ1) is 17.3. The molecule has 142 valence electrons. The molecule has 2 fully saturated rings. The molecule has 0 N–H and O–H groups in total. The number of imidazole rings is 1. The predicted molar refractivity (Wildman–Crippen MR) is 111 cm³/mol. The van der Waals surface area contributed by atoms with Crippen LogP contribution in [0.25, 0.3) is 11.8 Å². The molecule has 2 aromatic rings. The van der Waals surface area contributed by atoms with Crippen molar-refractivity contribution >= 4 is 6.08 Å². The van der Waals surface area contributed by atoms with Crippen LogP contribution < -0.4 is 4.57 Å². The summed E-state index contributed by atoms with van der Waals surface area (Å²) in [7, 11) is 0. The Hall–Kier alpha value is -1.83. The summed E-state index contributed by atoms with van der Waals surface area (Å²) in [5, 5.41) is 0. The summed E-state index contributed by atoms with van der Waals surface area (Å²) >= 11 is 0. The van der Waals surface area contributed by atoms with Gasteiger partial charge in [-0.25, -0.2) is 4.57 Å². The molecule has 5 rings (SSSR count). The van der Waals surface area contributed by atoms with Crippen LogP contribution in [0.2, 0.25) is 0 Å². The van der Waals surface area contributed by atoms with Crippen LogP contribution in [0.15, 0.2) is 30.3 Å². The molecule has 0 unspecified atom stereocenters. The molecule has 27 heavy (non-hydrogen) atoms. The van der Waals surface area contributed by atoms with Crippen molar-refractivity contribution in [3.8, 4) is 5.69 Å². The van der Waals surface area contributed by atoms with E-state index in [0.717, 1.165) is 11.8 Å². The van der Waals surface area contributed by atoms with Crippen LogP contribution in [0.5, 0.6) is 0 Å². The number of benzene rings is 1. The Bertz CT molecular complexity index is 873. The fourth-order valence-electron chi connectivity index (χ4n) is 6.68. The molecule has 0 atom stereocenters. The predicted octanol–water partition coefficient (Wildman–Crippen LogP) is 5.79. The number of allylic oxidation sites excluding steroid dienone is 1. The lowest BCUT2D eigenvalue weighted by Crippen LogP contribution is -2.62. The fraction of sp³-hybridized carbons (Fsp3) is 0.560. The van der Waals surface area contributed by atoms with Crippen LogP contribution in [-0.4, -0.2) is 4.57 Å².